The van der Waals surface area contributed by atoms with E-state index in [-0.39, 0.29) is 0 Å². The lowest BCUT2D eigenvalue weighted by Crippen LogP contribution is -2.17. The molecule has 1 aromatic heterocycles. The summed E-state index contributed by atoms with van der Waals surface area (Å²) in [5.41, 5.74) is 0. The highest BCUT2D eigenvalue weighted by Crippen LogP contribution is 2.20. The van der Waals surface area contributed by atoms with Gasteiger partial charge in [0.25, 0.3) is 0 Å². The quantitative estimate of drug-likeness (QED) is 0.702. The van der Waals surface area contributed by atoms with E-state index in [2.05, 4.69) is 25.6 Å². The number of aromatic nitrogens is 3. The first-order valence-electron chi connectivity index (χ1n) is 7.21. The summed E-state index contributed by atoms with van der Waals surface area (Å²) in [4.78, 5) is 12.5. The van der Waals surface area contributed by atoms with Gasteiger partial charge in [0, 0.05) is 13.1 Å². The minimum absolute atomic E-state index is 0.301. The van der Waals surface area contributed by atoms with Gasteiger partial charge in [-0.1, -0.05) is 12.8 Å². The van der Waals surface area contributed by atoms with Crippen molar-refractivity contribution in [1.82, 2.24) is 15.0 Å². The molecule has 0 atom stereocenters. The number of ether oxygens (including phenoxy) is 2. The SMILES string of the molecule is CCNc1nc(NCCOC2CCCC2)nc(OC)n1. The van der Waals surface area contributed by atoms with E-state index in [1.807, 2.05) is 6.92 Å². The van der Waals surface area contributed by atoms with Crippen LogP contribution in [0.4, 0.5) is 11.9 Å². The van der Waals surface area contributed by atoms with Gasteiger partial charge in [0.15, 0.2) is 0 Å². The van der Waals surface area contributed by atoms with E-state index in [4.69, 9.17) is 9.47 Å². The van der Waals surface area contributed by atoms with E-state index >= 15 is 0 Å². The van der Waals surface area contributed by atoms with Gasteiger partial charge in [0.2, 0.25) is 11.9 Å². The molecule has 1 aliphatic rings. The minimum Gasteiger partial charge on any atom is -0.467 e. The summed E-state index contributed by atoms with van der Waals surface area (Å²) in [6, 6.07) is 0.301. The zero-order chi connectivity index (χ0) is 14.2. The van der Waals surface area contributed by atoms with Gasteiger partial charge >= 0.3 is 6.01 Å². The molecule has 0 aromatic carbocycles. The molecular weight excluding hydrogens is 258 g/mol. The molecule has 2 rings (SSSR count). The number of hydrogen-bond acceptors (Lipinski definition) is 7. The van der Waals surface area contributed by atoms with Gasteiger partial charge in [-0.2, -0.15) is 15.0 Å². The fourth-order valence-electron chi connectivity index (χ4n) is 2.21. The van der Waals surface area contributed by atoms with E-state index in [1.165, 1.54) is 32.8 Å². The average Bonchev–Trinajstić information content (AvgIpc) is 2.97. The van der Waals surface area contributed by atoms with Crippen molar-refractivity contribution in [2.24, 2.45) is 0 Å². The summed E-state index contributed by atoms with van der Waals surface area (Å²) >= 11 is 0. The van der Waals surface area contributed by atoms with Gasteiger partial charge in [-0.3, -0.25) is 0 Å². The van der Waals surface area contributed by atoms with Gasteiger partial charge in [-0.25, -0.2) is 0 Å². The highest BCUT2D eigenvalue weighted by Gasteiger charge is 2.14. The largest absolute Gasteiger partial charge is 0.467 e. The zero-order valence-corrected chi connectivity index (χ0v) is 12.2. The number of methoxy groups -OCH3 is 1. The molecule has 0 unspecified atom stereocenters. The smallest absolute Gasteiger partial charge is 0.322 e. The van der Waals surface area contributed by atoms with Gasteiger partial charge in [0.1, 0.15) is 0 Å². The highest BCUT2D eigenvalue weighted by molar-refractivity contribution is 5.35. The summed E-state index contributed by atoms with van der Waals surface area (Å²) in [6.07, 6.45) is 5.37. The number of hydrogen-bond donors (Lipinski definition) is 2. The van der Waals surface area contributed by atoms with Crippen LogP contribution in [0.25, 0.3) is 0 Å². The van der Waals surface area contributed by atoms with Crippen molar-refractivity contribution in [3.8, 4) is 6.01 Å². The second-order valence-corrected chi connectivity index (χ2v) is 4.70. The maximum absolute atomic E-state index is 5.78. The van der Waals surface area contributed by atoms with Gasteiger partial charge < -0.3 is 20.1 Å². The predicted molar refractivity (Wildman–Crippen MR) is 77.2 cm³/mol. The molecule has 20 heavy (non-hydrogen) atoms. The third-order valence-corrected chi connectivity index (χ3v) is 3.17. The molecule has 1 fully saturated rings. The number of nitrogens with zero attached hydrogens (tertiary/aromatic N) is 3. The van der Waals surface area contributed by atoms with E-state index in [1.54, 1.807) is 0 Å². The van der Waals surface area contributed by atoms with Crippen LogP contribution >= 0.6 is 0 Å². The Hall–Kier alpha value is -1.63. The Morgan fingerprint density at radius 3 is 2.45 bits per heavy atom. The first-order valence-corrected chi connectivity index (χ1v) is 7.21. The standard InChI is InChI=1S/C13H23N5O2/c1-3-14-11-16-12(18-13(17-11)19-2)15-8-9-20-10-6-4-5-7-10/h10H,3-9H2,1-2H3,(H2,14,15,16,17,18). The second kappa shape index (κ2) is 7.84. The van der Waals surface area contributed by atoms with E-state index in [9.17, 15) is 0 Å². The fraction of sp³-hybridized carbons (Fsp3) is 0.769. The molecule has 0 saturated heterocycles. The first-order chi connectivity index (χ1) is 9.81. The summed E-state index contributed by atoms with van der Waals surface area (Å²) < 4.78 is 10.8. The Morgan fingerprint density at radius 1 is 1.10 bits per heavy atom. The Balaban J connectivity index is 1.79. The molecule has 0 aliphatic heterocycles. The molecule has 1 aliphatic carbocycles. The Kier molecular flexibility index (Phi) is 5.79. The predicted octanol–water partition coefficient (Wildman–Crippen LogP) is 1.68. The maximum atomic E-state index is 5.78. The van der Waals surface area contributed by atoms with E-state index in [0.717, 1.165) is 6.54 Å². The minimum atomic E-state index is 0.301. The zero-order valence-electron chi connectivity index (χ0n) is 12.2. The van der Waals surface area contributed by atoms with E-state index < -0.39 is 0 Å². The number of rotatable bonds is 8. The van der Waals surface area contributed by atoms with Crippen LogP contribution in [0.15, 0.2) is 0 Å². The summed E-state index contributed by atoms with van der Waals surface area (Å²) in [6.45, 7) is 4.07. The molecule has 1 aromatic rings. The van der Waals surface area contributed by atoms with E-state index in [0.29, 0.717) is 37.2 Å². The molecule has 7 heteroatoms. The van der Waals surface area contributed by atoms with Gasteiger partial charge in [0.05, 0.1) is 19.8 Å². The Labute approximate surface area is 119 Å². The number of nitrogens with one attached hydrogen (secondary N) is 2. The molecule has 112 valence electrons. The van der Waals surface area contributed by atoms with Crippen molar-refractivity contribution >= 4 is 11.9 Å². The molecule has 7 nitrogen and oxygen atoms in total. The van der Waals surface area contributed by atoms with Gasteiger partial charge in [-0.15, -0.1) is 0 Å². The van der Waals surface area contributed by atoms with Crippen LogP contribution in [0.3, 0.4) is 0 Å². The van der Waals surface area contributed by atoms with Crippen molar-refractivity contribution in [2.45, 2.75) is 38.7 Å². The first kappa shape index (κ1) is 14.8. The molecule has 0 amide bonds. The third-order valence-electron chi connectivity index (χ3n) is 3.17. The lowest BCUT2D eigenvalue weighted by molar-refractivity contribution is 0.0658. The molecule has 0 bridgehead atoms. The Morgan fingerprint density at radius 2 is 1.80 bits per heavy atom. The topological polar surface area (TPSA) is 81.2 Å². The van der Waals surface area contributed by atoms with Crippen molar-refractivity contribution in [3.05, 3.63) is 0 Å². The third kappa shape index (κ3) is 4.48. The second-order valence-electron chi connectivity index (χ2n) is 4.70. The maximum Gasteiger partial charge on any atom is 0.322 e. The van der Waals surface area contributed by atoms with Crippen LogP contribution in [0.1, 0.15) is 32.6 Å². The van der Waals surface area contributed by atoms with Crippen LogP contribution in [0.5, 0.6) is 6.01 Å². The highest BCUT2D eigenvalue weighted by atomic mass is 16.5. The number of anilines is 2. The molecule has 0 spiro atoms. The van der Waals surface area contributed by atoms with Crippen LogP contribution in [0, 0.1) is 0 Å². The summed E-state index contributed by atoms with van der Waals surface area (Å²) in [5.74, 6) is 1.02. The van der Waals surface area contributed by atoms with Crippen molar-refractivity contribution in [1.29, 1.82) is 0 Å². The Bertz CT molecular complexity index is 410. The van der Waals surface area contributed by atoms with Crippen molar-refractivity contribution < 1.29 is 9.47 Å². The van der Waals surface area contributed by atoms with Gasteiger partial charge in [-0.05, 0) is 19.8 Å². The van der Waals surface area contributed by atoms with Crippen molar-refractivity contribution in [2.75, 3.05) is 37.4 Å². The molecule has 1 saturated carbocycles. The monoisotopic (exact) mass is 281 g/mol. The lowest BCUT2D eigenvalue weighted by atomic mass is 10.3. The molecule has 1 heterocycles. The summed E-state index contributed by atoms with van der Waals surface area (Å²) in [7, 11) is 1.54. The van der Waals surface area contributed by atoms with Crippen molar-refractivity contribution in [3.63, 3.8) is 0 Å². The van der Waals surface area contributed by atoms with Crippen LogP contribution in [-0.2, 0) is 4.74 Å². The normalized spacial score (nSPS) is 15.3. The fourth-order valence-corrected chi connectivity index (χ4v) is 2.21. The lowest BCUT2D eigenvalue weighted by Gasteiger charge is -2.12. The molecule has 2 N–H and O–H groups in total. The average molecular weight is 281 g/mol. The molecule has 0 radical (unpaired) electrons. The molecular formula is C13H23N5O2. The summed E-state index contributed by atoms with van der Waals surface area (Å²) in [5, 5.41) is 6.18. The van der Waals surface area contributed by atoms with Crippen LogP contribution < -0.4 is 15.4 Å². The van der Waals surface area contributed by atoms with Crippen LogP contribution in [-0.4, -0.2) is 47.9 Å². The van der Waals surface area contributed by atoms with Crippen LogP contribution in [0.2, 0.25) is 0 Å².